The molecule has 0 bridgehead atoms. The van der Waals surface area contributed by atoms with Gasteiger partial charge >= 0.3 is 12.1 Å². The summed E-state index contributed by atoms with van der Waals surface area (Å²) >= 11 is -0.381. The SMILES string of the molecule is COc1cccc(-c2cc(/C(N)=C(Cc3ccc([S+](N)OC)cc3)/C(=N/c3nc(C(=O)O)cs3)C(F)(F)F)ccc2F)c1. The molecule has 14 heteroatoms. The molecule has 3 aromatic carbocycles. The van der Waals surface area contributed by atoms with E-state index >= 15 is 0 Å². The lowest BCUT2D eigenvalue weighted by Crippen LogP contribution is -2.28. The summed E-state index contributed by atoms with van der Waals surface area (Å²) < 4.78 is 69.2. The van der Waals surface area contributed by atoms with Gasteiger partial charge in [-0.05, 0) is 59.2 Å². The van der Waals surface area contributed by atoms with Crippen LogP contribution in [0.5, 0.6) is 5.75 Å². The highest BCUT2D eigenvalue weighted by molar-refractivity contribution is 7.90. The van der Waals surface area contributed by atoms with Crippen LogP contribution in [0.1, 0.15) is 21.6 Å². The van der Waals surface area contributed by atoms with E-state index in [2.05, 4.69) is 9.98 Å². The number of aliphatic imine (C=N–C) groups is 1. The van der Waals surface area contributed by atoms with Gasteiger partial charge in [-0.25, -0.2) is 19.2 Å². The summed E-state index contributed by atoms with van der Waals surface area (Å²) in [6, 6.07) is 16.7. The van der Waals surface area contributed by atoms with E-state index in [1.54, 1.807) is 48.5 Å². The van der Waals surface area contributed by atoms with Crippen molar-refractivity contribution >= 4 is 45.2 Å². The van der Waals surface area contributed by atoms with Gasteiger partial charge in [-0.2, -0.15) is 17.4 Å². The average molecular weight is 634 g/mol. The number of benzene rings is 3. The second-order valence-electron chi connectivity index (χ2n) is 8.88. The number of thiazole rings is 1. The highest BCUT2D eigenvalue weighted by atomic mass is 32.2. The van der Waals surface area contributed by atoms with Crippen molar-refractivity contribution in [3.8, 4) is 16.9 Å². The number of carboxylic acid groups (broad SMARTS) is 1. The quantitative estimate of drug-likeness (QED) is 0.106. The molecule has 5 N–H and O–H groups in total. The zero-order chi connectivity index (χ0) is 31.3. The molecule has 0 aliphatic heterocycles. The first-order valence-corrected chi connectivity index (χ1v) is 14.4. The standard InChI is InChI=1S/C29H24F4N4O4S2/c1-40-19-5-3-4-17(13-19)21-14-18(8-11-23(21)30)25(34)22(12-16-6-9-20(10-7-16)43(35)41-2)26(29(31,32)33)37-28-36-24(15-42-28)27(38)39/h3-11,13-15H,12,35H2,1-2H3,(H2-,34,36,37,38,39)/p+1. The maximum absolute atomic E-state index is 15.0. The number of alkyl halides is 3. The number of carboxylic acids is 1. The lowest BCUT2D eigenvalue weighted by atomic mass is 9.93. The minimum absolute atomic E-state index is 0.0918. The van der Waals surface area contributed by atoms with Crippen molar-refractivity contribution in [2.45, 2.75) is 17.5 Å². The van der Waals surface area contributed by atoms with Crippen LogP contribution in [0.15, 0.2) is 87.6 Å². The van der Waals surface area contributed by atoms with Crippen LogP contribution in [0.2, 0.25) is 0 Å². The Hall–Kier alpha value is -4.24. The van der Waals surface area contributed by atoms with Gasteiger partial charge in [0.1, 0.15) is 11.6 Å². The van der Waals surface area contributed by atoms with Crippen LogP contribution in [0.4, 0.5) is 22.7 Å². The first kappa shape index (κ1) is 31.7. The average Bonchev–Trinajstić information content (AvgIpc) is 3.47. The van der Waals surface area contributed by atoms with Gasteiger partial charge in [-0.3, -0.25) is 0 Å². The van der Waals surface area contributed by atoms with Gasteiger partial charge in [0.2, 0.25) is 10.0 Å². The molecule has 1 aromatic heterocycles. The Morgan fingerprint density at radius 2 is 1.81 bits per heavy atom. The first-order valence-electron chi connectivity index (χ1n) is 12.3. The van der Waals surface area contributed by atoms with Gasteiger partial charge in [-0.1, -0.05) is 24.3 Å². The molecule has 1 heterocycles. The van der Waals surface area contributed by atoms with E-state index in [9.17, 15) is 27.5 Å². The molecule has 0 radical (unpaired) electrons. The van der Waals surface area contributed by atoms with Crippen molar-refractivity contribution in [3.05, 3.63) is 100 Å². The number of ether oxygens (including phenoxy) is 1. The maximum Gasteiger partial charge on any atom is 0.433 e. The Kier molecular flexibility index (Phi) is 9.86. The van der Waals surface area contributed by atoms with Gasteiger partial charge in [0.15, 0.2) is 11.4 Å². The zero-order valence-electron chi connectivity index (χ0n) is 22.7. The highest BCUT2D eigenvalue weighted by Gasteiger charge is 2.40. The molecule has 0 amide bonds. The van der Waals surface area contributed by atoms with Gasteiger partial charge in [0.25, 0.3) is 11.4 Å². The molecule has 0 aliphatic carbocycles. The molecule has 43 heavy (non-hydrogen) atoms. The fourth-order valence-electron chi connectivity index (χ4n) is 4.04. The number of nitrogens with two attached hydrogens (primary N) is 2. The third kappa shape index (κ3) is 7.59. The molecule has 1 atom stereocenters. The lowest BCUT2D eigenvalue weighted by molar-refractivity contribution is -0.0582. The number of aromatic nitrogens is 1. The predicted molar refractivity (Wildman–Crippen MR) is 159 cm³/mol. The third-order valence-electron chi connectivity index (χ3n) is 6.17. The molecular formula is C29H25F4N4O4S2+. The van der Waals surface area contributed by atoms with Gasteiger partial charge in [0.05, 0.1) is 14.2 Å². The molecule has 4 rings (SSSR count). The summed E-state index contributed by atoms with van der Waals surface area (Å²) in [6.45, 7) is 0. The van der Waals surface area contributed by atoms with E-state index in [1.165, 1.54) is 26.4 Å². The smallest absolute Gasteiger partial charge is 0.433 e. The Labute approximate surface area is 251 Å². The second kappa shape index (κ2) is 13.4. The molecule has 4 aromatic rings. The van der Waals surface area contributed by atoms with Crippen LogP contribution in [-0.4, -0.2) is 42.2 Å². The van der Waals surface area contributed by atoms with E-state index < -0.39 is 51.4 Å². The number of rotatable bonds is 10. The number of methoxy groups -OCH3 is 1. The monoisotopic (exact) mass is 633 g/mol. The predicted octanol–water partition coefficient (Wildman–Crippen LogP) is 6.32. The van der Waals surface area contributed by atoms with Crippen molar-refractivity contribution in [1.82, 2.24) is 4.98 Å². The largest absolute Gasteiger partial charge is 0.497 e. The molecule has 224 valence electrons. The maximum atomic E-state index is 15.0. The molecule has 0 saturated heterocycles. The molecule has 0 fully saturated rings. The fourth-order valence-corrected chi connectivity index (χ4v) is 5.30. The van der Waals surface area contributed by atoms with Crippen molar-refractivity contribution in [1.29, 1.82) is 0 Å². The van der Waals surface area contributed by atoms with Crippen LogP contribution >= 0.6 is 11.3 Å². The normalized spacial score (nSPS) is 13.4. The van der Waals surface area contributed by atoms with Gasteiger partial charge in [-0.15, -0.1) is 16.5 Å². The molecule has 0 aliphatic rings. The summed E-state index contributed by atoms with van der Waals surface area (Å²) in [7, 11) is 2.89. The van der Waals surface area contributed by atoms with Crippen molar-refractivity contribution in [3.63, 3.8) is 0 Å². The molecule has 0 spiro atoms. The van der Waals surface area contributed by atoms with E-state index in [-0.39, 0.29) is 23.2 Å². The molecule has 8 nitrogen and oxygen atoms in total. The van der Waals surface area contributed by atoms with Gasteiger partial charge in [0, 0.05) is 28.6 Å². The van der Waals surface area contributed by atoms with E-state index in [4.69, 9.17) is 19.8 Å². The number of aromatic carboxylic acids is 1. The summed E-state index contributed by atoms with van der Waals surface area (Å²) in [5, 5.41) is 15.7. The topological polar surface area (TPSA) is 133 Å². The summed E-state index contributed by atoms with van der Waals surface area (Å²) in [5.74, 6) is -1.57. The number of nitrogens with zero attached hydrogens (tertiary/aromatic N) is 2. The Bertz CT molecular complexity index is 1690. The molecule has 1 unspecified atom stereocenters. The number of carbonyl (C=O) groups is 1. The molecule has 0 saturated carbocycles. The highest BCUT2D eigenvalue weighted by Crippen LogP contribution is 2.34. The minimum atomic E-state index is -5.02. The Morgan fingerprint density at radius 1 is 1.09 bits per heavy atom. The van der Waals surface area contributed by atoms with Crippen LogP contribution in [0.3, 0.4) is 0 Å². The third-order valence-corrected chi connectivity index (χ3v) is 8.00. The molecular weight excluding hydrogens is 608 g/mol. The van der Waals surface area contributed by atoms with Gasteiger partial charge < -0.3 is 15.6 Å². The summed E-state index contributed by atoms with van der Waals surface area (Å²) in [5.41, 5.74) is 4.95. The van der Waals surface area contributed by atoms with Crippen LogP contribution in [-0.2, 0) is 22.0 Å². The minimum Gasteiger partial charge on any atom is -0.497 e. The number of allylic oxidation sites excluding steroid dienone is 1. The van der Waals surface area contributed by atoms with E-state index in [0.29, 0.717) is 33.1 Å². The zero-order valence-corrected chi connectivity index (χ0v) is 24.3. The van der Waals surface area contributed by atoms with Crippen LogP contribution < -0.4 is 15.6 Å². The summed E-state index contributed by atoms with van der Waals surface area (Å²) in [4.78, 5) is 19.3. The van der Waals surface area contributed by atoms with Crippen molar-refractivity contribution in [2.75, 3.05) is 14.2 Å². The summed E-state index contributed by atoms with van der Waals surface area (Å²) in [6.07, 6.45) is -5.36. The fraction of sp³-hybridized carbons (Fsp3) is 0.138. The van der Waals surface area contributed by atoms with E-state index in [1.807, 2.05) is 0 Å². The second-order valence-corrected chi connectivity index (χ2v) is 11.1. The Balaban J connectivity index is 1.91. The number of hydrogen-bond acceptors (Lipinski definition) is 8. The van der Waals surface area contributed by atoms with Crippen molar-refractivity contribution < 1.29 is 36.4 Å². The Morgan fingerprint density at radius 3 is 2.42 bits per heavy atom. The first-order chi connectivity index (χ1) is 20.4. The van der Waals surface area contributed by atoms with E-state index in [0.717, 1.165) is 11.4 Å². The van der Waals surface area contributed by atoms with Crippen molar-refractivity contribution in [2.24, 2.45) is 15.9 Å². The lowest BCUT2D eigenvalue weighted by Gasteiger charge is -2.18. The van der Waals surface area contributed by atoms with Crippen LogP contribution in [0, 0.1) is 5.82 Å². The number of halogens is 4. The van der Waals surface area contributed by atoms with Crippen LogP contribution in [0.25, 0.3) is 16.8 Å². The number of hydrogen-bond donors (Lipinski definition) is 3.